The molecule has 1 aromatic rings. The number of benzene rings is 1. The fraction of sp³-hybridized carbons (Fsp3) is 0.522. The number of carboxylic acid groups (broad SMARTS) is 2. The topological polar surface area (TPSA) is 98.2 Å². The minimum Gasteiger partial charge on any atom is -0.478 e. The van der Waals surface area contributed by atoms with Crippen LogP contribution in [-0.2, 0) is 20.8 Å². The molecule has 0 radical (unpaired) electrons. The first-order chi connectivity index (χ1) is 15.2. The largest absolute Gasteiger partial charge is 0.478 e. The highest BCUT2D eigenvalue weighted by Gasteiger charge is 2.33. The Labute approximate surface area is 198 Å². The second kappa shape index (κ2) is 12.8. The number of rotatable bonds is 6. The average molecular weight is 485 g/mol. The molecule has 2 heterocycles. The minimum atomic E-state index is -1.26. The van der Waals surface area contributed by atoms with Gasteiger partial charge in [0.25, 0.3) is 0 Å². The second-order valence-electron chi connectivity index (χ2n) is 8.18. The Bertz CT molecular complexity index is 824. The van der Waals surface area contributed by atoms with E-state index >= 15 is 0 Å². The maximum absolute atomic E-state index is 13.0. The maximum Gasteiger partial charge on any atom is 0.328 e. The third-order valence-corrected chi connectivity index (χ3v) is 6.43. The van der Waals surface area contributed by atoms with E-state index in [-0.39, 0.29) is 5.91 Å². The summed E-state index contributed by atoms with van der Waals surface area (Å²) in [6, 6.07) is 6.15. The fourth-order valence-corrected chi connectivity index (χ4v) is 4.56. The van der Waals surface area contributed by atoms with Gasteiger partial charge in [-0.05, 0) is 69.8 Å². The second-order valence-corrected chi connectivity index (χ2v) is 8.99. The van der Waals surface area contributed by atoms with Crippen molar-refractivity contribution in [1.29, 1.82) is 0 Å². The standard InChI is InChI=1S/C19H26Cl2N2O.C4H4O4/c1-14-5-4-6-16(13-22-9-2-3-10-22)23(14)19(24)12-15-7-8-17(20)18(21)11-15;5-3(6)1-2-4(7)8/h7-8,11,14,16H,2-6,9-10,12-13H2,1H3;1-2H,(H,5,6)(H,7,8)/t14-,16-;/m0./s1. The van der Waals surface area contributed by atoms with Crippen LogP contribution in [0.25, 0.3) is 0 Å². The number of likely N-dealkylation sites (tertiary alicyclic amines) is 2. The van der Waals surface area contributed by atoms with Crippen molar-refractivity contribution < 1.29 is 24.6 Å². The predicted molar refractivity (Wildman–Crippen MR) is 124 cm³/mol. The summed E-state index contributed by atoms with van der Waals surface area (Å²) in [4.78, 5) is 36.8. The van der Waals surface area contributed by atoms with Crippen LogP contribution in [0.3, 0.4) is 0 Å². The highest BCUT2D eigenvalue weighted by Crippen LogP contribution is 2.27. The first-order valence-electron chi connectivity index (χ1n) is 10.8. The molecule has 0 spiro atoms. The average Bonchev–Trinajstić information content (AvgIpc) is 3.23. The molecule has 0 aromatic heterocycles. The summed E-state index contributed by atoms with van der Waals surface area (Å²) in [6.07, 6.45) is 7.54. The van der Waals surface area contributed by atoms with Crippen LogP contribution in [0.2, 0.25) is 10.0 Å². The highest BCUT2D eigenvalue weighted by molar-refractivity contribution is 6.42. The lowest BCUT2D eigenvalue weighted by molar-refractivity contribution is -0.137. The van der Waals surface area contributed by atoms with Crippen LogP contribution in [0.5, 0.6) is 0 Å². The Morgan fingerprint density at radius 2 is 1.62 bits per heavy atom. The summed E-state index contributed by atoms with van der Waals surface area (Å²) in [7, 11) is 0. The highest BCUT2D eigenvalue weighted by atomic mass is 35.5. The lowest BCUT2D eigenvalue weighted by Crippen LogP contribution is -2.53. The molecule has 2 aliphatic rings. The van der Waals surface area contributed by atoms with Gasteiger partial charge in [0.2, 0.25) is 5.91 Å². The third kappa shape index (κ3) is 8.45. The van der Waals surface area contributed by atoms with E-state index in [1.165, 1.54) is 32.4 Å². The molecule has 2 aliphatic heterocycles. The zero-order valence-electron chi connectivity index (χ0n) is 18.2. The van der Waals surface area contributed by atoms with E-state index in [4.69, 9.17) is 33.4 Å². The molecular weight excluding hydrogens is 455 g/mol. The summed E-state index contributed by atoms with van der Waals surface area (Å²) in [5.74, 6) is -2.30. The number of aliphatic carboxylic acids is 2. The normalized spacial score (nSPS) is 21.3. The molecule has 1 aromatic carbocycles. The molecule has 0 saturated carbocycles. The van der Waals surface area contributed by atoms with Crippen LogP contribution in [0.4, 0.5) is 0 Å². The first kappa shape index (κ1) is 26.2. The molecule has 176 valence electrons. The van der Waals surface area contributed by atoms with Crippen molar-refractivity contribution in [2.45, 2.75) is 57.5 Å². The van der Waals surface area contributed by atoms with E-state index in [0.29, 0.717) is 40.7 Å². The van der Waals surface area contributed by atoms with Gasteiger partial charge in [-0.25, -0.2) is 9.59 Å². The number of hydrogen-bond donors (Lipinski definition) is 2. The molecule has 7 nitrogen and oxygen atoms in total. The molecule has 9 heteroatoms. The smallest absolute Gasteiger partial charge is 0.328 e. The molecule has 2 N–H and O–H groups in total. The van der Waals surface area contributed by atoms with Crippen molar-refractivity contribution in [3.8, 4) is 0 Å². The van der Waals surface area contributed by atoms with Crippen molar-refractivity contribution in [3.63, 3.8) is 0 Å². The van der Waals surface area contributed by atoms with Crippen molar-refractivity contribution in [3.05, 3.63) is 46.0 Å². The summed E-state index contributed by atoms with van der Waals surface area (Å²) >= 11 is 12.1. The molecule has 32 heavy (non-hydrogen) atoms. The third-order valence-electron chi connectivity index (χ3n) is 5.69. The van der Waals surface area contributed by atoms with Crippen molar-refractivity contribution >= 4 is 41.0 Å². The van der Waals surface area contributed by atoms with Gasteiger partial charge in [-0.15, -0.1) is 0 Å². The molecule has 2 fully saturated rings. The van der Waals surface area contributed by atoms with Gasteiger partial charge >= 0.3 is 11.9 Å². The molecule has 2 saturated heterocycles. The van der Waals surface area contributed by atoms with Gasteiger partial charge in [0.05, 0.1) is 16.5 Å². The molecular formula is C23H30Cl2N2O5. The number of hydrogen-bond acceptors (Lipinski definition) is 4. The van der Waals surface area contributed by atoms with Gasteiger partial charge in [0.15, 0.2) is 0 Å². The molecule has 0 bridgehead atoms. The Kier molecular flexibility index (Phi) is 10.5. The summed E-state index contributed by atoms with van der Waals surface area (Å²) in [6.45, 7) is 5.57. The van der Waals surface area contributed by atoms with Crippen LogP contribution in [0.15, 0.2) is 30.4 Å². The Balaban J connectivity index is 0.000000390. The van der Waals surface area contributed by atoms with Crippen LogP contribution in [0, 0.1) is 0 Å². The molecule has 1 amide bonds. The summed E-state index contributed by atoms with van der Waals surface area (Å²) < 4.78 is 0. The SMILES string of the molecule is C[C@H]1CCC[C@@H](CN2CCCC2)N1C(=O)Cc1ccc(Cl)c(Cl)c1.O=C(O)C=CC(=O)O. The zero-order chi connectivity index (χ0) is 23.7. The quantitative estimate of drug-likeness (QED) is 0.589. The van der Waals surface area contributed by atoms with Crippen molar-refractivity contribution in [2.75, 3.05) is 19.6 Å². The summed E-state index contributed by atoms with van der Waals surface area (Å²) in [5, 5.41) is 16.7. The van der Waals surface area contributed by atoms with Gasteiger partial charge < -0.3 is 20.0 Å². The lowest BCUT2D eigenvalue weighted by atomic mass is 9.95. The zero-order valence-corrected chi connectivity index (χ0v) is 19.7. The minimum absolute atomic E-state index is 0.213. The van der Waals surface area contributed by atoms with Crippen LogP contribution < -0.4 is 0 Å². The van der Waals surface area contributed by atoms with E-state index in [0.717, 1.165) is 24.9 Å². The van der Waals surface area contributed by atoms with Crippen molar-refractivity contribution in [1.82, 2.24) is 9.80 Å². The lowest BCUT2D eigenvalue weighted by Gasteiger charge is -2.42. The van der Waals surface area contributed by atoms with Gasteiger partial charge in [0, 0.05) is 30.8 Å². The number of halogens is 2. The van der Waals surface area contributed by atoms with Crippen LogP contribution >= 0.6 is 23.2 Å². The van der Waals surface area contributed by atoms with Crippen LogP contribution in [0.1, 0.15) is 44.6 Å². The predicted octanol–water partition coefficient (Wildman–Crippen LogP) is 4.11. The van der Waals surface area contributed by atoms with E-state index in [2.05, 4.69) is 16.7 Å². The molecule has 0 aliphatic carbocycles. The first-order valence-corrected chi connectivity index (χ1v) is 11.5. The number of nitrogens with zero attached hydrogens (tertiary/aromatic N) is 2. The molecule has 0 unspecified atom stereocenters. The summed E-state index contributed by atoms with van der Waals surface area (Å²) in [5.41, 5.74) is 0.937. The van der Waals surface area contributed by atoms with Gasteiger partial charge in [-0.2, -0.15) is 0 Å². The Morgan fingerprint density at radius 3 is 2.19 bits per heavy atom. The number of carbonyl (C=O) groups excluding carboxylic acids is 1. The van der Waals surface area contributed by atoms with Crippen molar-refractivity contribution in [2.24, 2.45) is 0 Å². The Hall–Kier alpha value is -2.09. The number of carboxylic acids is 2. The number of carbonyl (C=O) groups is 3. The van der Waals surface area contributed by atoms with Gasteiger partial charge in [-0.3, -0.25) is 4.79 Å². The molecule has 3 rings (SSSR count). The van der Waals surface area contributed by atoms with Gasteiger partial charge in [-0.1, -0.05) is 29.3 Å². The number of piperidine rings is 1. The molecule has 2 atom stereocenters. The van der Waals surface area contributed by atoms with Crippen LogP contribution in [-0.4, -0.2) is 69.6 Å². The van der Waals surface area contributed by atoms with E-state index < -0.39 is 11.9 Å². The fourth-order valence-electron chi connectivity index (χ4n) is 4.24. The Morgan fingerprint density at radius 1 is 1.00 bits per heavy atom. The van der Waals surface area contributed by atoms with Gasteiger partial charge in [0.1, 0.15) is 0 Å². The maximum atomic E-state index is 13.0. The number of amides is 1. The van der Waals surface area contributed by atoms with E-state index in [9.17, 15) is 14.4 Å². The van der Waals surface area contributed by atoms with E-state index in [1.54, 1.807) is 6.07 Å². The van der Waals surface area contributed by atoms with E-state index in [1.807, 2.05) is 12.1 Å². The monoisotopic (exact) mass is 484 g/mol.